The minimum absolute atomic E-state index is 0.790. The van der Waals surface area contributed by atoms with Crippen LogP contribution in [0.5, 0.6) is 0 Å². The Morgan fingerprint density at radius 2 is 2.11 bits per heavy atom. The Hall–Kier alpha value is -1.39. The zero-order valence-corrected chi connectivity index (χ0v) is 12.9. The van der Waals surface area contributed by atoms with Crippen molar-refractivity contribution in [1.29, 1.82) is 0 Å². The summed E-state index contributed by atoms with van der Waals surface area (Å²) >= 11 is 5.18. The molecule has 0 aliphatic heterocycles. The number of hydrogen-bond donors (Lipinski definition) is 1. The van der Waals surface area contributed by atoms with Gasteiger partial charge in [0.25, 0.3) is 0 Å². The van der Waals surface area contributed by atoms with E-state index in [1.54, 1.807) is 11.3 Å². The minimum Gasteiger partial charge on any atom is -0.357 e. The van der Waals surface area contributed by atoms with E-state index in [0.29, 0.717) is 0 Å². The summed E-state index contributed by atoms with van der Waals surface area (Å²) in [7, 11) is 0. The highest BCUT2D eigenvalue weighted by atomic mass is 79.9. The molecule has 96 valence electrons. The average molecular weight is 333 g/mol. The SMILES string of the molecule is Cc1ccc2nc(NCc3cccc(Br)c3)sc2c1. The minimum atomic E-state index is 0.790. The van der Waals surface area contributed by atoms with Gasteiger partial charge in [0.15, 0.2) is 5.13 Å². The summed E-state index contributed by atoms with van der Waals surface area (Å²) < 4.78 is 2.34. The van der Waals surface area contributed by atoms with E-state index in [2.05, 4.69) is 63.5 Å². The van der Waals surface area contributed by atoms with Gasteiger partial charge < -0.3 is 5.32 Å². The van der Waals surface area contributed by atoms with Gasteiger partial charge in [-0.15, -0.1) is 0 Å². The van der Waals surface area contributed by atoms with Crippen molar-refractivity contribution in [2.24, 2.45) is 0 Å². The van der Waals surface area contributed by atoms with E-state index in [4.69, 9.17) is 0 Å². The lowest BCUT2D eigenvalue weighted by atomic mass is 10.2. The van der Waals surface area contributed by atoms with E-state index in [-0.39, 0.29) is 0 Å². The standard InChI is InChI=1S/C15H13BrN2S/c1-10-5-6-13-14(7-10)19-15(18-13)17-9-11-3-2-4-12(16)8-11/h2-8H,9H2,1H3,(H,17,18). The highest BCUT2D eigenvalue weighted by Crippen LogP contribution is 2.27. The molecule has 0 saturated carbocycles. The zero-order chi connectivity index (χ0) is 13.2. The second-order valence-corrected chi connectivity index (χ2v) is 6.42. The summed E-state index contributed by atoms with van der Waals surface area (Å²) in [5.41, 5.74) is 3.58. The number of hydrogen-bond acceptors (Lipinski definition) is 3. The first-order valence-corrected chi connectivity index (χ1v) is 7.67. The molecule has 0 radical (unpaired) electrons. The average Bonchev–Trinajstić information content (AvgIpc) is 2.78. The van der Waals surface area contributed by atoms with Crippen LogP contribution in [0, 0.1) is 6.92 Å². The molecular weight excluding hydrogens is 320 g/mol. The Labute approximate surface area is 124 Å². The van der Waals surface area contributed by atoms with Crippen LogP contribution in [0.1, 0.15) is 11.1 Å². The number of nitrogens with one attached hydrogen (secondary N) is 1. The van der Waals surface area contributed by atoms with Crippen LogP contribution in [0.15, 0.2) is 46.9 Å². The van der Waals surface area contributed by atoms with Gasteiger partial charge in [-0.2, -0.15) is 0 Å². The molecule has 0 aliphatic rings. The first-order valence-electron chi connectivity index (χ1n) is 6.06. The van der Waals surface area contributed by atoms with Gasteiger partial charge >= 0.3 is 0 Å². The molecule has 0 bridgehead atoms. The van der Waals surface area contributed by atoms with Gasteiger partial charge in [-0.25, -0.2) is 4.98 Å². The molecule has 0 fully saturated rings. The topological polar surface area (TPSA) is 24.9 Å². The van der Waals surface area contributed by atoms with E-state index >= 15 is 0 Å². The van der Waals surface area contributed by atoms with Crippen LogP contribution in [0.25, 0.3) is 10.2 Å². The summed E-state index contributed by atoms with van der Waals surface area (Å²) in [5, 5.41) is 4.36. The molecule has 1 N–H and O–H groups in total. The van der Waals surface area contributed by atoms with E-state index in [0.717, 1.165) is 21.7 Å². The predicted molar refractivity (Wildman–Crippen MR) is 85.8 cm³/mol. The lowest BCUT2D eigenvalue weighted by Crippen LogP contribution is -1.98. The first-order chi connectivity index (χ1) is 9.20. The number of fused-ring (bicyclic) bond motifs is 1. The number of aromatic nitrogens is 1. The normalized spacial score (nSPS) is 10.8. The summed E-state index contributed by atoms with van der Waals surface area (Å²) in [4.78, 5) is 4.59. The smallest absolute Gasteiger partial charge is 0.184 e. The Bertz CT molecular complexity index is 721. The Balaban J connectivity index is 1.78. The Morgan fingerprint density at radius 3 is 2.95 bits per heavy atom. The molecule has 0 spiro atoms. The fraction of sp³-hybridized carbons (Fsp3) is 0.133. The third-order valence-corrected chi connectivity index (χ3v) is 4.35. The van der Waals surface area contributed by atoms with Gasteiger partial charge in [0.1, 0.15) is 0 Å². The van der Waals surface area contributed by atoms with Crippen LogP contribution in [-0.2, 0) is 6.54 Å². The third-order valence-electron chi connectivity index (χ3n) is 2.88. The van der Waals surface area contributed by atoms with Crippen molar-refractivity contribution in [3.8, 4) is 0 Å². The maximum absolute atomic E-state index is 4.59. The number of benzene rings is 2. The molecule has 3 rings (SSSR count). The van der Waals surface area contributed by atoms with Crippen molar-refractivity contribution in [2.75, 3.05) is 5.32 Å². The maximum Gasteiger partial charge on any atom is 0.184 e. The number of halogens is 1. The van der Waals surface area contributed by atoms with Crippen LogP contribution >= 0.6 is 27.3 Å². The van der Waals surface area contributed by atoms with Crippen LogP contribution < -0.4 is 5.32 Å². The third kappa shape index (κ3) is 2.96. The van der Waals surface area contributed by atoms with E-state index < -0.39 is 0 Å². The number of rotatable bonds is 3. The van der Waals surface area contributed by atoms with Crippen LogP contribution in [0.3, 0.4) is 0 Å². The number of thiazole rings is 1. The van der Waals surface area contributed by atoms with Crippen molar-refractivity contribution in [3.05, 3.63) is 58.1 Å². The number of aryl methyl sites for hydroxylation is 1. The predicted octanol–water partition coefficient (Wildman–Crippen LogP) is 4.98. The van der Waals surface area contributed by atoms with Crippen molar-refractivity contribution in [1.82, 2.24) is 4.98 Å². The lowest BCUT2D eigenvalue weighted by Gasteiger charge is -2.02. The van der Waals surface area contributed by atoms with Gasteiger partial charge in [0.05, 0.1) is 10.2 Å². The maximum atomic E-state index is 4.59. The molecule has 1 heterocycles. The zero-order valence-electron chi connectivity index (χ0n) is 10.5. The molecule has 3 aromatic rings. The van der Waals surface area contributed by atoms with Crippen LogP contribution in [-0.4, -0.2) is 4.98 Å². The fourth-order valence-electron chi connectivity index (χ4n) is 1.93. The molecule has 0 atom stereocenters. The molecule has 4 heteroatoms. The van der Waals surface area contributed by atoms with E-state index in [1.807, 2.05) is 12.1 Å². The highest BCUT2D eigenvalue weighted by molar-refractivity contribution is 9.10. The second-order valence-electron chi connectivity index (χ2n) is 4.47. The van der Waals surface area contributed by atoms with E-state index in [1.165, 1.54) is 15.8 Å². The molecule has 2 aromatic carbocycles. The van der Waals surface area contributed by atoms with Gasteiger partial charge in [-0.3, -0.25) is 0 Å². The molecule has 0 aliphatic carbocycles. The number of nitrogens with zero attached hydrogens (tertiary/aromatic N) is 1. The molecule has 19 heavy (non-hydrogen) atoms. The van der Waals surface area contributed by atoms with Crippen LogP contribution in [0.2, 0.25) is 0 Å². The molecule has 0 saturated heterocycles. The Kier molecular flexibility index (Phi) is 3.53. The quantitative estimate of drug-likeness (QED) is 0.731. The second kappa shape index (κ2) is 5.31. The van der Waals surface area contributed by atoms with Gasteiger partial charge in [-0.05, 0) is 42.3 Å². The summed E-state index contributed by atoms with van der Waals surface area (Å²) in [5.74, 6) is 0. The molecule has 0 amide bonds. The van der Waals surface area contributed by atoms with Crippen LogP contribution in [0.4, 0.5) is 5.13 Å². The monoisotopic (exact) mass is 332 g/mol. The van der Waals surface area contributed by atoms with Gasteiger partial charge in [-0.1, -0.05) is 45.5 Å². The largest absolute Gasteiger partial charge is 0.357 e. The molecular formula is C15H13BrN2S. The Morgan fingerprint density at radius 1 is 1.21 bits per heavy atom. The van der Waals surface area contributed by atoms with Gasteiger partial charge in [0.2, 0.25) is 0 Å². The summed E-state index contributed by atoms with van der Waals surface area (Å²) in [6, 6.07) is 14.6. The first kappa shape index (κ1) is 12.6. The fourth-order valence-corrected chi connectivity index (χ4v) is 3.34. The van der Waals surface area contributed by atoms with E-state index in [9.17, 15) is 0 Å². The summed E-state index contributed by atoms with van der Waals surface area (Å²) in [6.45, 7) is 2.89. The van der Waals surface area contributed by atoms with Crippen molar-refractivity contribution in [3.63, 3.8) is 0 Å². The van der Waals surface area contributed by atoms with Crippen molar-refractivity contribution >= 4 is 42.6 Å². The summed E-state index contributed by atoms with van der Waals surface area (Å²) in [6.07, 6.45) is 0. The molecule has 0 unspecified atom stereocenters. The highest BCUT2D eigenvalue weighted by Gasteiger charge is 2.03. The van der Waals surface area contributed by atoms with Crippen molar-refractivity contribution in [2.45, 2.75) is 13.5 Å². The molecule has 1 aromatic heterocycles. The molecule has 2 nitrogen and oxygen atoms in total. The lowest BCUT2D eigenvalue weighted by molar-refractivity contribution is 1.14. The number of anilines is 1. The van der Waals surface area contributed by atoms with Crippen molar-refractivity contribution < 1.29 is 0 Å². The van der Waals surface area contributed by atoms with Gasteiger partial charge in [0, 0.05) is 11.0 Å².